The molecule has 0 spiro atoms. The molecule has 0 saturated carbocycles. The Balaban J connectivity index is 1.69. The van der Waals surface area contributed by atoms with E-state index in [0.29, 0.717) is 36.5 Å². The maximum Gasteiger partial charge on any atom is 0.332 e. The highest BCUT2D eigenvalue weighted by molar-refractivity contribution is 7.09. The van der Waals surface area contributed by atoms with E-state index in [1.165, 1.54) is 9.44 Å². The van der Waals surface area contributed by atoms with Crippen molar-refractivity contribution in [2.24, 2.45) is 0 Å². The van der Waals surface area contributed by atoms with Gasteiger partial charge in [-0.25, -0.2) is 14.8 Å². The number of rotatable bonds is 8. The molecule has 0 aliphatic carbocycles. The Hall–Kier alpha value is -3.20. The maximum absolute atomic E-state index is 12.8. The minimum absolute atomic E-state index is 0.305. The number of H-pyrrole nitrogens is 1. The number of nitrogens with zero attached hydrogens (tertiary/aromatic N) is 4. The standard InChI is InChI=1S/C21H24N6O2S/c1-3-9-26-19-17(20(28)27(10-4-2)21(26)29)24-18(25-19)14-7-8-16(22-12-14)23-13-15-6-5-11-30-15/h5-8,11-12H,3-4,9-10,13H2,1-2H3,(H,22,23)(H,24,25). The molecule has 9 heteroatoms. The van der Waals surface area contributed by atoms with Gasteiger partial charge < -0.3 is 10.3 Å². The number of thiophene rings is 1. The number of anilines is 1. The number of pyridine rings is 1. The summed E-state index contributed by atoms with van der Waals surface area (Å²) in [5.74, 6) is 1.29. The first-order valence-corrected chi connectivity index (χ1v) is 11.0. The molecule has 4 rings (SSSR count). The topological polar surface area (TPSA) is 97.6 Å². The van der Waals surface area contributed by atoms with Crippen LogP contribution in [0.3, 0.4) is 0 Å². The lowest BCUT2D eigenvalue weighted by Gasteiger charge is -2.09. The van der Waals surface area contributed by atoms with E-state index in [0.717, 1.165) is 24.3 Å². The Bertz CT molecular complexity index is 1250. The zero-order valence-corrected chi connectivity index (χ0v) is 17.8. The molecule has 0 fully saturated rings. The van der Waals surface area contributed by atoms with E-state index >= 15 is 0 Å². The van der Waals surface area contributed by atoms with E-state index in [-0.39, 0.29) is 11.2 Å². The van der Waals surface area contributed by atoms with Gasteiger partial charge in [0.15, 0.2) is 5.65 Å². The summed E-state index contributed by atoms with van der Waals surface area (Å²) in [6.45, 7) is 5.55. The second kappa shape index (κ2) is 8.66. The van der Waals surface area contributed by atoms with Gasteiger partial charge in [-0.2, -0.15) is 0 Å². The molecule has 4 aromatic heterocycles. The quantitative estimate of drug-likeness (QED) is 0.452. The molecule has 2 N–H and O–H groups in total. The van der Waals surface area contributed by atoms with Gasteiger partial charge in [-0.1, -0.05) is 19.9 Å². The van der Waals surface area contributed by atoms with E-state index in [2.05, 4.69) is 26.3 Å². The van der Waals surface area contributed by atoms with Gasteiger partial charge in [0.2, 0.25) is 0 Å². The van der Waals surface area contributed by atoms with E-state index < -0.39 is 0 Å². The SMILES string of the molecule is CCCn1c(=O)c2[nH]c(-c3ccc(NCc4cccs4)nc3)nc2n(CCC)c1=O. The third-order valence-electron chi connectivity index (χ3n) is 4.82. The van der Waals surface area contributed by atoms with Gasteiger partial charge >= 0.3 is 5.69 Å². The summed E-state index contributed by atoms with van der Waals surface area (Å²) < 4.78 is 2.87. The van der Waals surface area contributed by atoms with Crippen LogP contribution in [0.5, 0.6) is 0 Å². The lowest BCUT2D eigenvalue weighted by atomic mass is 10.2. The Morgan fingerprint density at radius 2 is 1.90 bits per heavy atom. The molecule has 0 radical (unpaired) electrons. The number of aromatic nitrogens is 5. The molecular weight excluding hydrogens is 400 g/mol. The highest BCUT2D eigenvalue weighted by Gasteiger charge is 2.17. The van der Waals surface area contributed by atoms with Crippen molar-refractivity contribution in [1.29, 1.82) is 0 Å². The third-order valence-corrected chi connectivity index (χ3v) is 5.69. The van der Waals surface area contributed by atoms with Crippen LogP contribution in [0.25, 0.3) is 22.6 Å². The minimum atomic E-state index is -0.329. The molecule has 0 unspecified atom stereocenters. The average Bonchev–Trinajstić information content (AvgIpc) is 3.43. The van der Waals surface area contributed by atoms with Crippen molar-refractivity contribution in [3.63, 3.8) is 0 Å². The fourth-order valence-corrected chi connectivity index (χ4v) is 4.02. The number of hydrogen-bond acceptors (Lipinski definition) is 6. The monoisotopic (exact) mass is 424 g/mol. The molecular formula is C21H24N6O2S. The van der Waals surface area contributed by atoms with Crippen LogP contribution in [0.4, 0.5) is 5.82 Å². The lowest BCUT2D eigenvalue weighted by Crippen LogP contribution is -2.40. The lowest BCUT2D eigenvalue weighted by molar-refractivity contribution is 0.555. The van der Waals surface area contributed by atoms with Crippen molar-refractivity contribution in [2.45, 2.75) is 46.3 Å². The largest absolute Gasteiger partial charge is 0.365 e. The molecule has 4 heterocycles. The summed E-state index contributed by atoms with van der Waals surface area (Å²) in [6.07, 6.45) is 3.19. The first kappa shape index (κ1) is 20.1. The highest BCUT2D eigenvalue weighted by atomic mass is 32.1. The number of aromatic amines is 1. The minimum Gasteiger partial charge on any atom is -0.365 e. The van der Waals surface area contributed by atoms with Crippen LogP contribution < -0.4 is 16.6 Å². The van der Waals surface area contributed by atoms with Crippen LogP contribution >= 0.6 is 11.3 Å². The van der Waals surface area contributed by atoms with Crippen molar-refractivity contribution in [3.05, 3.63) is 61.6 Å². The molecule has 0 saturated heterocycles. The molecule has 30 heavy (non-hydrogen) atoms. The number of aryl methyl sites for hydroxylation is 1. The molecule has 8 nitrogen and oxygen atoms in total. The molecule has 0 atom stereocenters. The summed E-state index contributed by atoms with van der Waals surface area (Å²) in [4.78, 5) is 39.0. The van der Waals surface area contributed by atoms with Crippen molar-refractivity contribution in [2.75, 3.05) is 5.32 Å². The molecule has 0 aromatic carbocycles. The van der Waals surface area contributed by atoms with Crippen molar-refractivity contribution in [1.82, 2.24) is 24.1 Å². The summed E-state index contributed by atoms with van der Waals surface area (Å²) in [6, 6.07) is 7.87. The van der Waals surface area contributed by atoms with Crippen LogP contribution in [-0.2, 0) is 19.6 Å². The van der Waals surface area contributed by atoms with Crippen LogP contribution in [0.1, 0.15) is 31.6 Å². The molecule has 0 amide bonds. The summed E-state index contributed by atoms with van der Waals surface area (Å²) in [5, 5.41) is 5.33. The fourth-order valence-electron chi connectivity index (χ4n) is 3.38. The van der Waals surface area contributed by atoms with Gasteiger partial charge in [-0.15, -0.1) is 11.3 Å². The second-order valence-electron chi connectivity index (χ2n) is 7.04. The van der Waals surface area contributed by atoms with E-state index in [4.69, 9.17) is 0 Å². The Kier molecular flexibility index (Phi) is 5.80. The summed E-state index contributed by atoms with van der Waals surface area (Å²) >= 11 is 1.69. The van der Waals surface area contributed by atoms with Crippen molar-refractivity contribution >= 4 is 28.3 Å². The molecule has 0 bridgehead atoms. The Labute approximate surface area is 177 Å². The first-order valence-electron chi connectivity index (χ1n) is 10.1. The number of nitrogens with one attached hydrogen (secondary N) is 2. The van der Waals surface area contributed by atoms with Crippen molar-refractivity contribution in [3.8, 4) is 11.4 Å². The van der Waals surface area contributed by atoms with Gasteiger partial charge in [0.1, 0.15) is 17.2 Å². The number of imidazole rings is 1. The van der Waals surface area contributed by atoms with Crippen LogP contribution in [-0.4, -0.2) is 24.1 Å². The smallest absolute Gasteiger partial charge is 0.332 e. The molecule has 4 aromatic rings. The summed E-state index contributed by atoms with van der Waals surface area (Å²) in [7, 11) is 0. The normalized spacial score (nSPS) is 11.3. The highest BCUT2D eigenvalue weighted by Crippen LogP contribution is 2.20. The number of hydrogen-bond donors (Lipinski definition) is 2. The predicted molar refractivity (Wildman–Crippen MR) is 120 cm³/mol. The van der Waals surface area contributed by atoms with Gasteiger partial charge in [0.25, 0.3) is 5.56 Å². The summed E-state index contributed by atoms with van der Waals surface area (Å²) in [5.41, 5.74) is 0.871. The van der Waals surface area contributed by atoms with E-state index in [1.54, 1.807) is 22.1 Å². The average molecular weight is 425 g/mol. The van der Waals surface area contributed by atoms with Crippen molar-refractivity contribution < 1.29 is 0 Å². The van der Waals surface area contributed by atoms with Gasteiger partial charge in [0.05, 0.1) is 6.54 Å². The Morgan fingerprint density at radius 1 is 1.10 bits per heavy atom. The van der Waals surface area contributed by atoms with E-state index in [9.17, 15) is 9.59 Å². The zero-order chi connectivity index (χ0) is 21.1. The maximum atomic E-state index is 12.8. The van der Waals surface area contributed by atoms with Gasteiger partial charge in [-0.05, 0) is 36.4 Å². The van der Waals surface area contributed by atoms with Crippen LogP contribution in [0.15, 0.2) is 45.4 Å². The zero-order valence-electron chi connectivity index (χ0n) is 17.0. The van der Waals surface area contributed by atoms with Crippen LogP contribution in [0, 0.1) is 0 Å². The first-order chi connectivity index (χ1) is 14.6. The number of fused-ring (bicyclic) bond motifs is 1. The molecule has 0 aliphatic rings. The molecule has 156 valence electrons. The van der Waals surface area contributed by atoms with Gasteiger partial charge in [0, 0.05) is 29.7 Å². The second-order valence-corrected chi connectivity index (χ2v) is 8.07. The fraction of sp³-hybridized carbons (Fsp3) is 0.333. The predicted octanol–water partition coefficient (Wildman–Crippen LogP) is 3.44. The van der Waals surface area contributed by atoms with Crippen LogP contribution in [0.2, 0.25) is 0 Å². The third kappa shape index (κ3) is 3.80. The van der Waals surface area contributed by atoms with E-state index in [1.807, 2.05) is 37.4 Å². The Morgan fingerprint density at radius 3 is 2.57 bits per heavy atom. The van der Waals surface area contributed by atoms with Gasteiger partial charge in [-0.3, -0.25) is 13.9 Å². The molecule has 0 aliphatic heterocycles.